The first-order chi connectivity index (χ1) is 8.58. The maximum absolute atomic E-state index is 12.5. The summed E-state index contributed by atoms with van der Waals surface area (Å²) in [4.78, 5) is 12.5. The molecule has 0 aliphatic heterocycles. The average Bonchev–Trinajstić information content (AvgIpc) is 2.30. The Morgan fingerprint density at radius 1 is 1.17 bits per heavy atom. The number of ketones is 1. The Kier molecular flexibility index (Phi) is 2.27. The monoisotopic (exact) mass is 238 g/mol. The number of fused-ring (bicyclic) bond motifs is 2. The fourth-order valence-corrected chi connectivity index (χ4v) is 2.82. The lowest BCUT2D eigenvalue weighted by atomic mass is 9.82. The van der Waals surface area contributed by atoms with Crippen LogP contribution in [0.15, 0.2) is 30.3 Å². The molecule has 0 unspecified atom stereocenters. The largest absolute Gasteiger partial charge is 0.508 e. The summed E-state index contributed by atoms with van der Waals surface area (Å²) in [5.41, 5.74) is 5.38. The van der Waals surface area contributed by atoms with Crippen LogP contribution in [0.4, 0.5) is 0 Å². The van der Waals surface area contributed by atoms with Crippen LogP contribution >= 0.6 is 0 Å². The van der Waals surface area contributed by atoms with Gasteiger partial charge in [0.15, 0.2) is 5.78 Å². The number of phenols is 1. The highest BCUT2D eigenvalue weighted by Crippen LogP contribution is 2.34. The molecule has 1 aliphatic carbocycles. The summed E-state index contributed by atoms with van der Waals surface area (Å²) in [5, 5.41) is 9.89. The average molecular weight is 238 g/mol. The molecule has 2 heteroatoms. The van der Waals surface area contributed by atoms with Crippen molar-refractivity contribution in [2.24, 2.45) is 0 Å². The summed E-state index contributed by atoms with van der Waals surface area (Å²) in [6.07, 6.45) is 0.631. The van der Waals surface area contributed by atoms with Gasteiger partial charge in [0, 0.05) is 23.1 Å². The van der Waals surface area contributed by atoms with Crippen LogP contribution in [0.5, 0.6) is 5.75 Å². The van der Waals surface area contributed by atoms with Gasteiger partial charge < -0.3 is 5.11 Å². The summed E-state index contributed by atoms with van der Waals surface area (Å²) >= 11 is 0. The van der Waals surface area contributed by atoms with Gasteiger partial charge in [0.1, 0.15) is 5.75 Å². The van der Waals surface area contributed by atoms with Crippen LogP contribution in [0.1, 0.15) is 38.2 Å². The molecule has 0 atom stereocenters. The Bertz CT molecular complexity index is 669. The van der Waals surface area contributed by atoms with Crippen LogP contribution in [0, 0.1) is 13.8 Å². The minimum absolute atomic E-state index is 0.0275. The molecule has 18 heavy (non-hydrogen) atoms. The molecule has 90 valence electrons. The molecule has 0 spiro atoms. The summed E-state index contributed by atoms with van der Waals surface area (Å²) < 4.78 is 0. The van der Waals surface area contributed by atoms with Gasteiger partial charge in [-0.25, -0.2) is 0 Å². The van der Waals surface area contributed by atoms with E-state index in [0.29, 0.717) is 12.0 Å². The van der Waals surface area contributed by atoms with E-state index in [2.05, 4.69) is 0 Å². The molecule has 0 saturated carbocycles. The van der Waals surface area contributed by atoms with Crippen LogP contribution in [-0.4, -0.2) is 10.9 Å². The highest BCUT2D eigenvalue weighted by molar-refractivity contribution is 6.13. The number of hydrogen-bond acceptors (Lipinski definition) is 2. The number of carbonyl (C=O) groups is 1. The third-order valence-electron chi connectivity index (χ3n) is 3.55. The molecule has 1 N–H and O–H groups in total. The molecule has 0 bridgehead atoms. The van der Waals surface area contributed by atoms with E-state index in [1.807, 2.05) is 26.0 Å². The Hall–Kier alpha value is -2.09. The van der Waals surface area contributed by atoms with Gasteiger partial charge in [-0.3, -0.25) is 4.79 Å². The molecule has 0 heterocycles. The molecule has 2 nitrogen and oxygen atoms in total. The minimum atomic E-state index is 0.0275. The Morgan fingerprint density at radius 2 is 1.94 bits per heavy atom. The van der Waals surface area contributed by atoms with Crippen molar-refractivity contribution < 1.29 is 9.90 Å². The highest BCUT2D eigenvalue weighted by Gasteiger charge is 2.26. The van der Waals surface area contributed by atoms with E-state index in [9.17, 15) is 9.90 Å². The van der Waals surface area contributed by atoms with Crippen molar-refractivity contribution >= 4 is 5.78 Å². The normalized spacial score (nSPS) is 13.1. The van der Waals surface area contributed by atoms with E-state index >= 15 is 0 Å². The summed E-state index contributed by atoms with van der Waals surface area (Å²) in [5.74, 6) is 0.241. The van der Waals surface area contributed by atoms with Gasteiger partial charge in [-0.15, -0.1) is 0 Å². The van der Waals surface area contributed by atoms with Gasteiger partial charge >= 0.3 is 0 Å². The predicted molar refractivity (Wildman–Crippen MR) is 70.3 cm³/mol. The number of rotatable bonds is 0. The number of hydrogen-bond donors (Lipinski definition) is 1. The Morgan fingerprint density at radius 3 is 2.72 bits per heavy atom. The molecule has 0 aromatic heterocycles. The summed E-state index contributed by atoms with van der Waals surface area (Å²) in [7, 11) is 0. The second-order valence-corrected chi connectivity index (χ2v) is 4.93. The summed E-state index contributed by atoms with van der Waals surface area (Å²) in [6, 6.07) is 9.22. The number of aryl methyl sites for hydroxylation is 2. The maximum atomic E-state index is 12.5. The topological polar surface area (TPSA) is 37.3 Å². The SMILES string of the molecule is Cc1cc(C)c2c(c1)Cc1c(O)cccc1C2=O. The number of benzene rings is 2. The molecule has 1 aliphatic rings. The molecule has 0 amide bonds. The third kappa shape index (κ3) is 1.46. The number of aromatic hydroxyl groups is 1. The van der Waals surface area contributed by atoms with Crippen LogP contribution < -0.4 is 0 Å². The maximum Gasteiger partial charge on any atom is 0.194 e. The van der Waals surface area contributed by atoms with Crippen molar-refractivity contribution in [1.29, 1.82) is 0 Å². The van der Waals surface area contributed by atoms with E-state index < -0.39 is 0 Å². The van der Waals surface area contributed by atoms with Crippen LogP contribution in [0.25, 0.3) is 0 Å². The van der Waals surface area contributed by atoms with Crippen molar-refractivity contribution in [3.8, 4) is 5.75 Å². The second-order valence-electron chi connectivity index (χ2n) is 4.93. The number of phenolic OH excluding ortho intramolecular Hbond substituents is 1. The van der Waals surface area contributed by atoms with Crippen molar-refractivity contribution in [2.75, 3.05) is 0 Å². The first kappa shape index (κ1) is 11.0. The van der Waals surface area contributed by atoms with Gasteiger partial charge in [0.25, 0.3) is 0 Å². The summed E-state index contributed by atoms with van der Waals surface area (Å²) in [6.45, 7) is 4.00. The zero-order chi connectivity index (χ0) is 12.9. The van der Waals surface area contributed by atoms with Crippen molar-refractivity contribution in [2.45, 2.75) is 20.3 Å². The smallest absolute Gasteiger partial charge is 0.194 e. The molecule has 0 fully saturated rings. The zero-order valence-electron chi connectivity index (χ0n) is 10.4. The van der Waals surface area contributed by atoms with E-state index in [4.69, 9.17) is 0 Å². The fraction of sp³-hybridized carbons (Fsp3) is 0.188. The lowest BCUT2D eigenvalue weighted by Gasteiger charge is -2.21. The molecule has 2 aromatic carbocycles. The minimum Gasteiger partial charge on any atom is -0.508 e. The first-order valence-electron chi connectivity index (χ1n) is 6.03. The molecule has 0 radical (unpaired) electrons. The predicted octanol–water partition coefficient (Wildman–Crippen LogP) is 3.14. The Labute approximate surface area is 106 Å². The van der Waals surface area contributed by atoms with Crippen LogP contribution in [-0.2, 0) is 6.42 Å². The molecule has 3 rings (SSSR count). The van der Waals surface area contributed by atoms with Crippen molar-refractivity contribution in [3.63, 3.8) is 0 Å². The van der Waals surface area contributed by atoms with E-state index in [1.165, 1.54) is 0 Å². The van der Waals surface area contributed by atoms with E-state index in [1.54, 1.807) is 18.2 Å². The zero-order valence-corrected chi connectivity index (χ0v) is 10.4. The standard InChI is InChI=1S/C16H14O2/c1-9-6-10(2)15-11(7-9)8-13-12(16(15)18)4-3-5-14(13)17/h3-7,17H,8H2,1-2H3. The quantitative estimate of drug-likeness (QED) is 0.653. The van der Waals surface area contributed by atoms with E-state index in [-0.39, 0.29) is 11.5 Å². The van der Waals surface area contributed by atoms with Gasteiger partial charge in [0.2, 0.25) is 0 Å². The molecular formula is C16H14O2. The second kappa shape index (κ2) is 3.70. The molecule has 0 saturated heterocycles. The van der Waals surface area contributed by atoms with Gasteiger partial charge in [-0.05, 0) is 31.0 Å². The first-order valence-corrected chi connectivity index (χ1v) is 6.03. The number of carbonyl (C=O) groups excluding carboxylic acids is 1. The van der Waals surface area contributed by atoms with E-state index in [0.717, 1.165) is 27.8 Å². The van der Waals surface area contributed by atoms with Crippen LogP contribution in [0.3, 0.4) is 0 Å². The van der Waals surface area contributed by atoms with Gasteiger partial charge in [-0.1, -0.05) is 29.8 Å². The van der Waals surface area contributed by atoms with Gasteiger partial charge in [0.05, 0.1) is 0 Å². The van der Waals surface area contributed by atoms with Gasteiger partial charge in [-0.2, -0.15) is 0 Å². The lowest BCUT2D eigenvalue weighted by molar-refractivity contribution is 0.103. The molecule has 2 aromatic rings. The third-order valence-corrected chi connectivity index (χ3v) is 3.55. The fourth-order valence-electron chi connectivity index (χ4n) is 2.82. The van der Waals surface area contributed by atoms with Crippen molar-refractivity contribution in [3.05, 3.63) is 63.7 Å². The Balaban J connectivity index is 2.29. The highest BCUT2D eigenvalue weighted by atomic mass is 16.3. The van der Waals surface area contributed by atoms with Crippen LogP contribution in [0.2, 0.25) is 0 Å². The lowest BCUT2D eigenvalue weighted by Crippen LogP contribution is -2.17. The van der Waals surface area contributed by atoms with Crippen molar-refractivity contribution in [1.82, 2.24) is 0 Å². The molecular weight excluding hydrogens is 224 g/mol.